The molecule has 0 spiro atoms. The van der Waals surface area contributed by atoms with Gasteiger partial charge in [-0.05, 0) is 49.6 Å². The molecule has 160 valence electrons. The number of fused-ring (bicyclic) bond motifs is 1. The number of carbonyl (C=O) groups is 1. The van der Waals surface area contributed by atoms with Crippen LogP contribution in [0.4, 0.5) is 4.39 Å². The highest BCUT2D eigenvalue weighted by molar-refractivity contribution is 7.85. The van der Waals surface area contributed by atoms with Gasteiger partial charge >= 0.3 is 0 Å². The molecule has 1 aliphatic heterocycles. The molecule has 0 saturated heterocycles. The molecule has 0 fully saturated rings. The predicted molar refractivity (Wildman–Crippen MR) is 107 cm³/mol. The van der Waals surface area contributed by atoms with Gasteiger partial charge in [0.2, 0.25) is 0 Å². The molecule has 2 aromatic heterocycles. The maximum atomic E-state index is 13.1. The minimum atomic E-state index is -3.67. The van der Waals surface area contributed by atoms with Crippen molar-refractivity contribution in [3.05, 3.63) is 47.3 Å². The molecule has 1 N–H and O–H groups in total. The molecule has 0 radical (unpaired) electrons. The molecule has 3 aromatic rings. The van der Waals surface area contributed by atoms with Crippen molar-refractivity contribution in [1.82, 2.24) is 29.0 Å². The smallest absolute Gasteiger partial charge is 0.261 e. The van der Waals surface area contributed by atoms with Crippen LogP contribution in [0.5, 0.6) is 0 Å². The van der Waals surface area contributed by atoms with Gasteiger partial charge in [0.15, 0.2) is 16.7 Å². The van der Waals surface area contributed by atoms with Crippen LogP contribution in [0.2, 0.25) is 0 Å². The fraction of sp³-hybridized carbons (Fsp3) is 0.353. The second-order valence-corrected chi connectivity index (χ2v) is 8.81. The van der Waals surface area contributed by atoms with Gasteiger partial charge in [-0.3, -0.25) is 9.35 Å². The quantitative estimate of drug-likeness (QED) is 0.582. The van der Waals surface area contributed by atoms with Crippen molar-refractivity contribution in [3.63, 3.8) is 0 Å². The molecule has 0 saturated carbocycles. The summed E-state index contributed by atoms with van der Waals surface area (Å²) in [5, 5.41) is 9.23. The molecular formula is C17H19FN6O4S2. The van der Waals surface area contributed by atoms with Gasteiger partial charge in [-0.2, -0.15) is 12.8 Å². The minimum absolute atomic E-state index is 0.143. The highest BCUT2D eigenvalue weighted by Gasteiger charge is 2.32. The molecule has 30 heavy (non-hydrogen) atoms. The van der Waals surface area contributed by atoms with Crippen molar-refractivity contribution in [2.24, 2.45) is 0 Å². The Morgan fingerprint density at radius 3 is 2.43 bits per heavy atom. The maximum Gasteiger partial charge on any atom is 0.261 e. The van der Waals surface area contributed by atoms with E-state index >= 15 is 0 Å². The molecule has 4 rings (SSSR count). The summed E-state index contributed by atoms with van der Waals surface area (Å²) in [7, 11) is -3.67. The lowest BCUT2D eigenvalue weighted by Gasteiger charge is -2.33. The molecule has 0 bridgehead atoms. The fourth-order valence-electron chi connectivity index (χ4n) is 2.97. The SMILES string of the molecule is CS(=O)(=O)O.Cc1nsc(-c2nnc3n2CCN(C(=O)c2ccc(F)cc2)[C@@H]3C)n1. The first-order chi connectivity index (χ1) is 14.0. The zero-order valence-electron chi connectivity index (χ0n) is 16.4. The molecule has 13 heteroatoms. The van der Waals surface area contributed by atoms with Crippen LogP contribution in [-0.4, -0.2) is 60.7 Å². The number of carbonyl (C=O) groups excluding carboxylic acids is 1. The van der Waals surface area contributed by atoms with Crippen LogP contribution in [0, 0.1) is 12.7 Å². The van der Waals surface area contributed by atoms with E-state index in [0.29, 0.717) is 42.4 Å². The number of amides is 1. The summed E-state index contributed by atoms with van der Waals surface area (Å²) in [6.07, 6.45) is 0.715. The molecular weight excluding hydrogens is 435 g/mol. The maximum absolute atomic E-state index is 13.1. The van der Waals surface area contributed by atoms with Gasteiger partial charge in [0.1, 0.15) is 11.6 Å². The van der Waals surface area contributed by atoms with Crippen LogP contribution in [0.15, 0.2) is 24.3 Å². The molecule has 1 aliphatic rings. The third kappa shape index (κ3) is 5.04. The second kappa shape index (κ2) is 8.53. The topological polar surface area (TPSA) is 131 Å². The van der Waals surface area contributed by atoms with E-state index in [1.807, 2.05) is 18.4 Å². The Morgan fingerprint density at radius 2 is 1.87 bits per heavy atom. The van der Waals surface area contributed by atoms with E-state index in [0.717, 1.165) is 5.01 Å². The molecule has 0 aliphatic carbocycles. The molecule has 10 nitrogen and oxygen atoms in total. The van der Waals surface area contributed by atoms with Gasteiger partial charge in [-0.1, -0.05) is 0 Å². The summed E-state index contributed by atoms with van der Waals surface area (Å²) in [6, 6.07) is 5.35. The van der Waals surface area contributed by atoms with Gasteiger partial charge in [0, 0.05) is 18.7 Å². The van der Waals surface area contributed by atoms with E-state index in [1.165, 1.54) is 35.8 Å². The number of aromatic nitrogens is 5. The van der Waals surface area contributed by atoms with E-state index in [4.69, 9.17) is 4.55 Å². The number of rotatable bonds is 2. The number of halogens is 1. The molecule has 1 atom stereocenters. The summed E-state index contributed by atoms with van der Waals surface area (Å²) < 4.78 is 45.1. The summed E-state index contributed by atoms with van der Waals surface area (Å²) in [6.45, 7) is 4.84. The van der Waals surface area contributed by atoms with Crippen LogP contribution in [0.1, 0.15) is 35.0 Å². The van der Waals surface area contributed by atoms with Crippen molar-refractivity contribution >= 4 is 27.6 Å². The highest BCUT2D eigenvalue weighted by atomic mass is 32.2. The standard InChI is InChI=1S/C16H15FN6OS.CH4O3S/c1-9-13-19-20-14(15-18-10(2)21-25-15)23(13)8-7-22(9)16(24)11-3-5-12(17)6-4-11;1-5(2,3)4/h3-6,9H,7-8H2,1-2H3;1H3,(H,2,3,4)/t9-;/m1./s1. The van der Waals surface area contributed by atoms with Crippen molar-refractivity contribution < 1.29 is 22.2 Å². The third-order valence-corrected chi connectivity index (χ3v) is 5.06. The first kappa shape index (κ1) is 21.9. The predicted octanol–water partition coefficient (Wildman–Crippen LogP) is 1.97. The van der Waals surface area contributed by atoms with Crippen LogP contribution in [0.25, 0.3) is 10.8 Å². The lowest BCUT2D eigenvalue weighted by atomic mass is 10.1. The van der Waals surface area contributed by atoms with Crippen LogP contribution in [0.3, 0.4) is 0 Å². The Kier molecular flexibility index (Phi) is 6.24. The zero-order chi connectivity index (χ0) is 22.1. The number of hydrogen-bond acceptors (Lipinski definition) is 8. The number of hydrogen-bond donors (Lipinski definition) is 1. The van der Waals surface area contributed by atoms with Gasteiger partial charge in [0.05, 0.1) is 12.3 Å². The van der Waals surface area contributed by atoms with Crippen LogP contribution in [-0.2, 0) is 16.7 Å². The van der Waals surface area contributed by atoms with Gasteiger partial charge < -0.3 is 9.47 Å². The minimum Gasteiger partial charge on any atom is -0.327 e. The average Bonchev–Trinajstić information content (AvgIpc) is 3.27. The van der Waals surface area contributed by atoms with E-state index in [2.05, 4.69) is 19.6 Å². The van der Waals surface area contributed by atoms with Crippen molar-refractivity contribution in [3.8, 4) is 10.8 Å². The van der Waals surface area contributed by atoms with E-state index < -0.39 is 10.1 Å². The van der Waals surface area contributed by atoms with Gasteiger partial charge in [-0.25, -0.2) is 9.37 Å². The summed E-state index contributed by atoms with van der Waals surface area (Å²) in [5.41, 5.74) is 0.459. The third-order valence-electron chi connectivity index (χ3n) is 4.26. The summed E-state index contributed by atoms with van der Waals surface area (Å²) in [4.78, 5) is 18.8. The van der Waals surface area contributed by atoms with Gasteiger partial charge in [0.25, 0.3) is 16.0 Å². The Labute approximate surface area is 176 Å². The summed E-state index contributed by atoms with van der Waals surface area (Å²) in [5.74, 6) is 1.59. The Morgan fingerprint density at radius 1 is 1.23 bits per heavy atom. The van der Waals surface area contributed by atoms with E-state index in [9.17, 15) is 17.6 Å². The lowest BCUT2D eigenvalue weighted by molar-refractivity contribution is 0.0638. The van der Waals surface area contributed by atoms with E-state index in [1.54, 1.807) is 4.90 Å². The number of benzene rings is 1. The average molecular weight is 455 g/mol. The van der Waals surface area contributed by atoms with Gasteiger partial charge in [-0.15, -0.1) is 10.2 Å². The van der Waals surface area contributed by atoms with Crippen molar-refractivity contribution in [2.45, 2.75) is 26.4 Å². The first-order valence-electron chi connectivity index (χ1n) is 8.77. The second-order valence-electron chi connectivity index (χ2n) is 6.59. The number of nitrogens with zero attached hydrogens (tertiary/aromatic N) is 6. The molecule has 0 unspecified atom stereocenters. The monoisotopic (exact) mass is 454 g/mol. The Hall–Kier alpha value is -2.77. The number of aryl methyl sites for hydroxylation is 1. The van der Waals surface area contributed by atoms with E-state index in [-0.39, 0.29) is 17.8 Å². The summed E-state index contributed by atoms with van der Waals surface area (Å²) >= 11 is 1.29. The normalized spacial score (nSPS) is 15.9. The fourth-order valence-corrected chi connectivity index (χ4v) is 3.63. The van der Waals surface area contributed by atoms with Crippen molar-refractivity contribution in [2.75, 3.05) is 12.8 Å². The lowest BCUT2D eigenvalue weighted by Crippen LogP contribution is -2.41. The van der Waals surface area contributed by atoms with Crippen molar-refractivity contribution in [1.29, 1.82) is 0 Å². The first-order valence-corrected chi connectivity index (χ1v) is 11.4. The molecule has 3 heterocycles. The Balaban J connectivity index is 0.000000461. The Bertz CT molecular complexity index is 1150. The highest BCUT2D eigenvalue weighted by Crippen LogP contribution is 2.30. The molecule has 1 aromatic carbocycles. The van der Waals surface area contributed by atoms with Crippen LogP contribution >= 0.6 is 11.5 Å². The van der Waals surface area contributed by atoms with Crippen LogP contribution < -0.4 is 0 Å². The molecule has 1 amide bonds. The largest absolute Gasteiger partial charge is 0.327 e. The zero-order valence-corrected chi connectivity index (χ0v) is 18.0.